The van der Waals surface area contributed by atoms with Crippen LogP contribution in [0.25, 0.3) is 11.4 Å². The third kappa shape index (κ3) is 4.68. The molecular weight excluding hydrogens is 374 g/mol. The monoisotopic (exact) mass is 396 g/mol. The highest BCUT2D eigenvalue weighted by molar-refractivity contribution is 5.93. The molecule has 1 saturated heterocycles. The van der Waals surface area contributed by atoms with Crippen LogP contribution < -0.4 is 5.32 Å². The maximum atomic E-state index is 13.4. The van der Waals surface area contributed by atoms with Crippen molar-refractivity contribution in [1.29, 1.82) is 0 Å². The van der Waals surface area contributed by atoms with Crippen LogP contribution in [0.15, 0.2) is 54.9 Å². The molecule has 0 bridgehead atoms. The summed E-state index contributed by atoms with van der Waals surface area (Å²) in [4.78, 5) is 22.1. The van der Waals surface area contributed by atoms with Crippen molar-refractivity contribution in [2.24, 2.45) is 5.92 Å². The van der Waals surface area contributed by atoms with Gasteiger partial charge in [-0.1, -0.05) is 6.07 Å². The van der Waals surface area contributed by atoms with Crippen molar-refractivity contribution >= 4 is 11.6 Å². The first kappa shape index (κ1) is 19.3. The molecule has 2 aromatic carbocycles. The third-order valence-corrected chi connectivity index (χ3v) is 5.19. The normalized spacial score (nSPS) is 17.2. The first-order chi connectivity index (χ1) is 14.1. The Balaban J connectivity index is 1.35. The third-order valence-electron chi connectivity index (χ3n) is 5.19. The van der Waals surface area contributed by atoms with Crippen molar-refractivity contribution in [3.05, 3.63) is 72.1 Å². The molecule has 1 amide bonds. The molecule has 1 aromatic heterocycles. The molecule has 29 heavy (non-hydrogen) atoms. The van der Waals surface area contributed by atoms with E-state index in [0.29, 0.717) is 18.7 Å². The summed E-state index contributed by atoms with van der Waals surface area (Å²) in [5.74, 6) is -1.07. The maximum absolute atomic E-state index is 13.4. The lowest BCUT2D eigenvalue weighted by molar-refractivity contribution is -0.121. The first-order valence-corrected chi connectivity index (χ1v) is 9.65. The highest BCUT2D eigenvalue weighted by Crippen LogP contribution is 2.22. The number of likely N-dealkylation sites (tertiary alicyclic amines) is 1. The number of anilines is 1. The van der Waals surface area contributed by atoms with Crippen molar-refractivity contribution in [3.63, 3.8) is 0 Å². The summed E-state index contributed by atoms with van der Waals surface area (Å²) in [6, 6.07) is 11.5. The molecule has 5 nitrogen and oxygen atoms in total. The van der Waals surface area contributed by atoms with Crippen LogP contribution in [0, 0.1) is 17.6 Å². The molecule has 1 aliphatic rings. The van der Waals surface area contributed by atoms with Gasteiger partial charge < -0.3 is 10.3 Å². The number of nitrogens with zero attached hydrogens (tertiary/aromatic N) is 2. The van der Waals surface area contributed by atoms with E-state index in [-0.39, 0.29) is 11.8 Å². The van der Waals surface area contributed by atoms with Crippen molar-refractivity contribution in [2.45, 2.75) is 19.4 Å². The van der Waals surface area contributed by atoms with E-state index in [1.54, 1.807) is 18.5 Å². The van der Waals surface area contributed by atoms with Gasteiger partial charge in [0.1, 0.15) is 5.82 Å². The number of rotatable bonds is 5. The summed E-state index contributed by atoms with van der Waals surface area (Å²) in [5, 5.41) is 2.98. The van der Waals surface area contributed by atoms with Gasteiger partial charge in [0.15, 0.2) is 11.6 Å². The van der Waals surface area contributed by atoms with Crippen molar-refractivity contribution in [2.75, 3.05) is 18.4 Å². The number of aromatic amines is 1. The number of H-pyrrole nitrogens is 1. The molecule has 2 heterocycles. The SMILES string of the molecule is O=C(Nc1ccc(-c2ncc[nH]2)cc1)C1CCCN(Cc2ccc(F)c(F)c2)C1. The zero-order valence-electron chi connectivity index (χ0n) is 15.9. The fraction of sp³-hybridized carbons (Fsp3) is 0.273. The summed E-state index contributed by atoms with van der Waals surface area (Å²) in [5.41, 5.74) is 2.39. The van der Waals surface area contributed by atoms with Crippen LogP contribution in [0.4, 0.5) is 14.5 Å². The van der Waals surface area contributed by atoms with Crippen LogP contribution in [0.5, 0.6) is 0 Å². The number of piperidine rings is 1. The van der Waals surface area contributed by atoms with Gasteiger partial charge in [-0.2, -0.15) is 0 Å². The largest absolute Gasteiger partial charge is 0.345 e. The van der Waals surface area contributed by atoms with Gasteiger partial charge in [0.05, 0.1) is 5.92 Å². The minimum Gasteiger partial charge on any atom is -0.345 e. The molecule has 0 spiro atoms. The van der Waals surface area contributed by atoms with Crippen LogP contribution in [-0.2, 0) is 11.3 Å². The van der Waals surface area contributed by atoms with Gasteiger partial charge in [-0.3, -0.25) is 9.69 Å². The summed E-state index contributed by atoms with van der Waals surface area (Å²) < 4.78 is 26.5. The molecule has 1 fully saturated rings. The molecule has 2 N–H and O–H groups in total. The van der Waals surface area contributed by atoms with Gasteiger partial charge in [0.2, 0.25) is 5.91 Å². The molecule has 7 heteroatoms. The quantitative estimate of drug-likeness (QED) is 0.679. The van der Waals surface area contributed by atoms with Gasteiger partial charge >= 0.3 is 0 Å². The van der Waals surface area contributed by atoms with E-state index in [4.69, 9.17) is 0 Å². The molecule has 0 saturated carbocycles. The Bertz CT molecular complexity index is 973. The van der Waals surface area contributed by atoms with Crippen LogP contribution in [-0.4, -0.2) is 33.9 Å². The van der Waals surface area contributed by atoms with Crippen LogP contribution in [0.1, 0.15) is 18.4 Å². The second-order valence-electron chi connectivity index (χ2n) is 7.33. The van der Waals surface area contributed by atoms with E-state index >= 15 is 0 Å². The molecule has 1 unspecified atom stereocenters. The summed E-state index contributed by atoms with van der Waals surface area (Å²) in [7, 11) is 0. The number of amides is 1. The van der Waals surface area contributed by atoms with E-state index in [1.165, 1.54) is 6.07 Å². The summed E-state index contributed by atoms with van der Waals surface area (Å²) in [6.07, 6.45) is 5.16. The smallest absolute Gasteiger partial charge is 0.228 e. The van der Waals surface area contributed by atoms with Gasteiger partial charge in [0, 0.05) is 36.7 Å². The molecule has 150 valence electrons. The number of aromatic nitrogens is 2. The van der Waals surface area contributed by atoms with Gasteiger partial charge in [-0.05, 0) is 61.3 Å². The lowest BCUT2D eigenvalue weighted by Crippen LogP contribution is -2.40. The zero-order chi connectivity index (χ0) is 20.2. The Morgan fingerprint density at radius 1 is 1.17 bits per heavy atom. The Hall–Kier alpha value is -3.06. The Labute approximate surface area is 167 Å². The summed E-state index contributed by atoms with van der Waals surface area (Å²) >= 11 is 0. The second kappa shape index (κ2) is 8.53. The number of carbonyl (C=O) groups excluding carboxylic acids is 1. The van der Waals surface area contributed by atoms with E-state index in [2.05, 4.69) is 20.2 Å². The fourth-order valence-electron chi connectivity index (χ4n) is 3.69. The van der Waals surface area contributed by atoms with Crippen LogP contribution in [0.3, 0.4) is 0 Å². The first-order valence-electron chi connectivity index (χ1n) is 9.65. The Morgan fingerprint density at radius 3 is 2.72 bits per heavy atom. The lowest BCUT2D eigenvalue weighted by atomic mass is 9.96. The Kier molecular flexibility index (Phi) is 5.67. The highest BCUT2D eigenvalue weighted by Gasteiger charge is 2.26. The average Bonchev–Trinajstić information content (AvgIpc) is 3.26. The number of nitrogens with one attached hydrogen (secondary N) is 2. The number of hydrogen-bond acceptors (Lipinski definition) is 3. The van der Waals surface area contributed by atoms with E-state index < -0.39 is 11.6 Å². The maximum Gasteiger partial charge on any atom is 0.228 e. The van der Waals surface area contributed by atoms with Crippen molar-refractivity contribution in [1.82, 2.24) is 14.9 Å². The number of halogens is 2. The van der Waals surface area contributed by atoms with Crippen LogP contribution in [0.2, 0.25) is 0 Å². The van der Waals surface area contributed by atoms with Gasteiger partial charge in [0.25, 0.3) is 0 Å². The molecule has 0 aliphatic carbocycles. The lowest BCUT2D eigenvalue weighted by Gasteiger charge is -2.32. The predicted octanol–water partition coefficient (Wildman–Crippen LogP) is 4.21. The average molecular weight is 396 g/mol. The summed E-state index contributed by atoms with van der Waals surface area (Å²) in [6.45, 7) is 1.93. The highest BCUT2D eigenvalue weighted by atomic mass is 19.2. The number of benzene rings is 2. The number of carbonyl (C=O) groups is 1. The van der Waals surface area contributed by atoms with Crippen molar-refractivity contribution in [3.8, 4) is 11.4 Å². The van der Waals surface area contributed by atoms with E-state index in [1.807, 2.05) is 24.3 Å². The van der Waals surface area contributed by atoms with E-state index in [9.17, 15) is 13.6 Å². The molecule has 3 aromatic rings. The molecule has 0 radical (unpaired) electrons. The van der Waals surface area contributed by atoms with Gasteiger partial charge in [-0.15, -0.1) is 0 Å². The van der Waals surface area contributed by atoms with Gasteiger partial charge in [-0.25, -0.2) is 13.8 Å². The predicted molar refractivity (Wildman–Crippen MR) is 107 cm³/mol. The molecule has 4 rings (SSSR count). The van der Waals surface area contributed by atoms with E-state index in [0.717, 1.165) is 42.5 Å². The number of hydrogen-bond donors (Lipinski definition) is 2. The minimum atomic E-state index is -0.845. The minimum absolute atomic E-state index is 0.0225. The second-order valence-corrected chi connectivity index (χ2v) is 7.33. The molecule has 1 aliphatic heterocycles. The topological polar surface area (TPSA) is 61.0 Å². The zero-order valence-corrected chi connectivity index (χ0v) is 15.9. The van der Waals surface area contributed by atoms with Crippen molar-refractivity contribution < 1.29 is 13.6 Å². The molecular formula is C22H22F2N4O. The number of imidazole rings is 1. The van der Waals surface area contributed by atoms with Crippen LogP contribution >= 0.6 is 0 Å². The fourth-order valence-corrected chi connectivity index (χ4v) is 3.69. The molecule has 1 atom stereocenters. The Morgan fingerprint density at radius 2 is 2.00 bits per heavy atom. The standard InChI is InChI=1S/C22H22F2N4O/c23-19-8-3-15(12-20(19)24)13-28-11-1-2-17(14-28)22(29)27-18-6-4-16(5-7-18)21-25-9-10-26-21/h3-10,12,17H,1-2,11,13-14H2,(H,25,26)(H,27,29).